The number of amides is 1. The molecule has 0 saturated carbocycles. The van der Waals surface area contributed by atoms with Gasteiger partial charge in [0.25, 0.3) is 0 Å². The van der Waals surface area contributed by atoms with Gasteiger partial charge in [-0.1, -0.05) is 47.6 Å². The van der Waals surface area contributed by atoms with Gasteiger partial charge in [0.1, 0.15) is 11.9 Å². The molecule has 0 saturated heterocycles. The van der Waals surface area contributed by atoms with Crippen molar-refractivity contribution in [3.8, 4) is 5.75 Å². The predicted octanol–water partition coefficient (Wildman–Crippen LogP) is 1.87. The number of aliphatic hydroxyl groups is 2. The van der Waals surface area contributed by atoms with E-state index in [0.29, 0.717) is 5.56 Å². The number of hydrogen-bond donors (Lipinski definition) is 4. The molecule has 124 valence electrons. The molecule has 0 radical (unpaired) electrons. The van der Waals surface area contributed by atoms with E-state index in [0.717, 1.165) is 5.56 Å². The first-order valence-electron chi connectivity index (χ1n) is 7.30. The Hall–Kier alpha value is -1.59. The Bertz CT molecular complexity index is 567. The van der Waals surface area contributed by atoms with Gasteiger partial charge >= 0.3 is 0 Å². The summed E-state index contributed by atoms with van der Waals surface area (Å²) >= 11 is 0. The lowest BCUT2D eigenvalue weighted by Crippen LogP contribution is -2.34. The summed E-state index contributed by atoms with van der Waals surface area (Å²) in [6.07, 6.45) is -3.34. The molecular formula is C17H27NO4. The van der Waals surface area contributed by atoms with Crippen LogP contribution >= 0.6 is 0 Å². The Morgan fingerprint density at radius 3 is 1.91 bits per heavy atom. The number of carbonyl (C=O) groups excluding carboxylic acids is 1. The van der Waals surface area contributed by atoms with Crippen molar-refractivity contribution >= 4 is 5.91 Å². The van der Waals surface area contributed by atoms with Crippen molar-refractivity contribution in [1.82, 2.24) is 0 Å². The monoisotopic (exact) mass is 309 g/mol. The van der Waals surface area contributed by atoms with E-state index < -0.39 is 18.1 Å². The lowest BCUT2D eigenvalue weighted by atomic mass is 9.78. The van der Waals surface area contributed by atoms with Gasteiger partial charge in [-0.15, -0.1) is 0 Å². The summed E-state index contributed by atoms with van der Waals surface area (Å²) < 4.78 is 0. The second-order valence-corrected chi connectivity index (χ2v) is 7.75. The van der Waals surface area contributed by atoms with E-state index in [4.69, 9.17) is 5.73 Å². The maximum Gasteiger partial charge on any atom is 0.249 e. The summed E-state index contributed by atoms with van der Waals surface area (Å²) in [6.45, 7) is 11.8. The minimum Gasteiger partial charge on any atom is -0.507 e. The highest BCUT2D eigenvalue weighted by Crippen LogP contribution is 2.40. The fraction of sp³-hybridized carbons (Fsp3) is 0.588. The first-order valence-corrected chi connectivity index (χ1v) is 7.30. The number of carbonyl (C=O) groups is 1. The summed E-state index contributed by atoms with van der Waals surface area (Å²) in [7, 11) is 0. The molecule has 5 N–H and O–H groups in total. The highest BCUT2D eigenvalue weighted by Gasteiger charge is 2.31. The van der Waals surface area contributed by atoms with Gasteiger partial charge in [0.05, 0.1) is 0 Å². The first-order chi connectivity index (χ1) is 9.76. The Morgan fingerprint density at radius 2 is 1.55 bits per heavy atom. The van der Waals surface area contributed by atoms with Crippen LogP contribution in [0.4, 0.5) is 0 Å². The maximum atomic E-state index is 11.1. The van der Waals surface area contributed by atoms with Crippen LogP contribution in [0.5, 0.6) is 5.75 Å². The third-order valence-electron chi connectivity index (χ3n) is 3.72. The zero-order valence-corrected chi connectivity index (χ0v) is 14.1. The van der Waals surface area contributed by atoms with Gasteiger partial charge < -0.3 is 21.1 Å². The van der Waals surface area contributed by atoms with Gasteiger partial charge in [0, 0.05) is 5.56 Å². The molecule has 1 aromatic rings. The molecule has 0 bridgehead atoms. The first kappa shape index (κ1) is 18.5. The second kappa shape index (κ2) is 5.89. The van der Waals surface area contributed by atoms with Crippen LogP contribution in [0, 0.1) is 0 Å². The minimum absolute atomic E-state index is 0.114. The summed E-state index contributed by atoms with van der Waals surface area (Å²) in [5.74, 6) is -1.15. The number of hydrogen-bond acceptors (Lipinski definition) is 4. The van der Waals surface area contributed by atoms with E-state index >= 15 is 0 Å². The van der Waals surface area contributed by atoms with Gasteiger partial charge in [-0.2, -0.15) is 0 Å². The molecule has 0 aliphatic rings. The average Bonchev–Trinajstić information content (AvgIpc) is 2.34. The molecule has 2 unspecified atom stereocenters. The zero-order valence-electron chi connectivity index (χ0n) is 14.1. The van der Waals surface area contributed by atoms with Crippen LogP contribution in [0.25, 0.3) is 0 Å². The predicted molar refractivity (Wildman–Crippen MR) is 85.7 cm³/mol. The largest absolute Gasteiger partial charge is 0.507 e. The van der Waals surface area contributed by atoms with Crippen molar-refractivity contribution in [3.63, 3.8) is 0 Å². The highest BCUT2D eigenvalue weighted by molar-refractivity contribution is 5.79. The number of benzene rings is 1. The van der Waals surface area contributed by atoms with Gasteiger partial charge in [-0.05, 0) is 28.0 Å². The Balaban J connectivity index is 3.60. The fourth-order valence-corrected chi connectivity index (χ4v) is 2.21. The number of aromatic hydroxyl groups is 1. The third-order valence-corrected chi connectivity index (χ3v) is 3.72. The molecule has 0 aliphatic heterocycles. The SMILES string of the molecule is CC(C)(C)c1cc(C(O)C(O)C(N)=O)c(O)c(C(C)(C)C)c1. The van der Waals surface area contributed by atoms with E-state index in [1.807, 2.05) is 47.6 Å². The smallest absolute Gasteiger partial charge is 0.249 e. The molecule has 1 aromatic carbocycles. The Kier molecular flexibility index (Phi) is 4.94. The van der Waals surface area contributed by atoms with E-state index in [1.165, 1.54) is 0 Å². The molecule has 1 amide bonds. The van der Waals surface area contributed by atoms with Crippen LogP contribution in [0.3, 0.4) is 0 Å². The van der Waals surface area contributed by atoms with Crippen molar-refractivity contribution in [3.05, 3.63) is 28.8 Å². The van der Waals surface area contributed by atoms with Gasteiger partial charge in [0.15, 0.2) is 6.10 Å². The summed E-state index contributed by atoms with van der Waals surface area (Å²) in [5.41, 5.74) is 6.10. The van der Waals surface area contributed by atoms with Crippen molar-refractivity contribution in [2.75, 3.05) is 0 Å². The quantitative estimate of drug-likeness (QED) is 0.684. The zero-order chi connectivity index (χ0) is 17.5. The van der Waals surface area contributed by atoms with Crippen LogP contribution in [0.1, 0.15) is 64.3 Å². The molecule has 5 heteroatoms. The van der Waals surface area contributed by atoms with Gasteiger partial charge in [0.2, 0.25) is 5.91 Å². The second-order valence-electron chi connectivity index (χ2n) is 7.75. The van der Waals surface area contributed by atoms with Crippen molar-refractivity contribution in [2.45, 2.75) is 64.6 Å². The minimum atomic E-state index is -1.77. The molecule has 5 nitrogen and oxygen atoms in total. The highest BCUT2D eigenvalue weighted by atomic mass is 16.3. The molecular weight excluding hydrogens is 282 g/mol. The number of phenols is 1. The summed E-state index contributed by atoms with van der Waals surface area (Å²) in [5, 5.41) is 30.4. The molecule has 0 aliphatic carbocycles. The lowest BCUT2D eigenvalue weighted by molar-refractivity contribution is -0.132. The maximum absolute atomic E-state index is 11.1. The van der Waals surface area contributed by atoms with E-state index in [9.17, 15) is 20.1 Å². The summed E-state index contributed by atoms with van der Waals surface area (Å²) in [6, 6.07) is 3.50. The molecule has 2 atom stereocenters. The molecule has 0 fully saturated rings. The molecule has 0 spiro atoms. The van der Waals surface area contributed by atoms with Crippen LogP contribution in [0.2, 0.25) is 0 Å². The van der Waals surface area contributed by atoms with Crippen molar-refractivity contribution in [1.29, 1.82) is 0 Å². The Morgan fingerprint density at radius 1 is 1.05 bits per heavy atom. The fourth-order valence-electron chi connectivity index (χ4n) is 2.21. The average molecular weight is 309 g/mol. The van der Waals surface area contributed by atoms with Crippen molar-refractivity contribution in [2.24, 2.45) is 5.73 Å². The molecule has 0 aromatic heterocycles. The van der Waals surface area contributed by atoms with Crippen LogP contribution in [0.15, 0.2) is 12.1 Å². The number of nitrogens with two attached hydrogens (primary N) is 1. The number of primary amides is 1. The van der Waals surface area contributed by atoms with Crippen LogP contribution < -0.4 is 5.73 Å². The number of aliphatic hydroxyl groups excluding tert-OH is 2. The van der Waals surface area contributed by atoms with Crippen LogP contribution in [-0.4, -0.2) is 27.3 Å². The van der Waals surface area contributed by atoms with E-state index in [1.54, 1.807) is 6.07 Å². The topological polar surface area (TPSA) is 104 Å². The molecule has 1 rings (SSSR count). The molecule has 22 heavy (non-hydrogen) atoms. The normalized spacial score (nSPS) is 15.5. The molecule has 0 heterocycles. The van der Waals surface area contributed by atoms with Crippen molar-refractivity contribution < 1.29 is 20.1 Å². The van der Waals surface area contributed by atoms with E-state index in [2.05, 4.69) is 0 Å². The van der Waals surface area contributed by atoms with E-state index in [-0.39, 0.29) is 22.1 Å². The third kappa shape index (κ3) is 3.78. The summed E-state index contributed by atoms with van der Waals surface area (Å²) in [4.78, 5) is 11.1. The lowest BCUT2D eigenvalue weighted by Gasteiger charge is -2.29. The Labute approximate surface area is 131 Å². The number of phenolic OH excluding ortho intramolecular Hbond substituents is 1. The van der Waals surface area contributed by atoms with Gasteiger partial charge in [-0.3, -0.25) is 4.79 Å². The standard InChI is InChI=1S/C17H27NO4/c1-16(2,3)9-7-10(13(20)14(21)15(18)22)12(19)11(8-9)17(4,5)6/h7-8,13-14,19-21H,1-6H3,(H2,18,22). The van der Waals surface area contributed by atoms with Crippen LogP contribution in [-0.2, 0) is 15.6 Å². The number of rotatable bonds is 3. The van der Waals surface area contributed by atoms with Gasteiger partial charge in [-0.25, -0.2) is 0 Å².